The van der Waals surface area contributed by atoms with E-state index in [0.717, 1.165) is 45.3 Å². The molecule has 2 amide bonds. The molecule has 4 bridgehead atoms. The molecule has 0 radical (unpaired) electrons. The number of hydrogen-bond acceptors (Lipinski definition) is 5. The Hall–Kier alpha value is -2.12. The zero-order chi connectivity index (χ0) is 25.9. The van der Waals surface area contributed by atoms with Crippen molar-refractivity contribution in [1.29, 1.82) is 0 Å². The van der Waals surface area contributed by atoms with Crippen LogP contribution in [0.15, 0.2) is 30.3 Å². The van der Waals surface area contributed by atoms with Crippen LogP contribution in [0.5, 0.6) is 0 Å². The number of piperidine rings is 2. The molecule has 5 rings (SSSR count). The van der Waals surface area contributed by atoms with Gasteiger partial charge in [-0.25, -0.2) is 4.79 Å². The molecule has 4 aliphatic rings. The Balaban J connectivity index is 1.38. The van der Waals surface area contributed by atoms with Gasteiger partial charge in [0, 0.05) is 44.7 Å². The van der Waals surface area contributed by atoms with Crippen LogP contribution in [0.25, 0.3) is 0 Å². The van der Waals surface area contributed by atoms with Crippen LogP contribution in [0.4, 0.5) is 4.79 Å². The van der Waals surface area contributed by atoms with E-state index in [1.54, 1.807) is 0 Å². The SMILES string of the molecule is CC(C)CN1C[C@H]2C[C@]3(C(=O)NCCCCNC(=O)OC(C)(C)C)NC[C@H]2[C@@H]1[C@@H]3Cc1ccccc1. The maximum Gasteiger partial charge on any atom is 0.407 e. The molecule has 36 heavy (non-hydrogen) atoms. The van der Waals surface area contributed by atoms with Crippen LogP contribution >= 0.6 is 0 Å². The van der Waals surface area contributed by atoms with Gasteiger partial charge in [-0.3, -0.25) is 9.69 Å². The van der Waals surface area contributed by atoms with Crippen LogP contribution in [0.3, 0.4) is 0 Å². The highest BCUT2D eigenvalue weighted by atomic mass is 16.6. The van der Waals surface area contributed by atoms with Gasteiger partial charge in [0.1, 0.15) is 11.1 Å². The van der Waals surface area contributed by atoms with Crippen LogP contribution in [0.2, 0.25) is 0 Å². The minimum atomic E-state index is -0.513. The summed E-state index contributed by atoms with van der Waals surface area (Å²) in [5, 5.41) is 9.82. The molecular formula is C29H46N4O3. The lowest BCUT2D eigenvalue weighted by Gasteiger charge is -2.56. The van der Waals surface area contributed by atoms with E-state index in [2.05, 4.69) is 65.0 Å². The van der Waals surface area contributed by atoms with E-state index in [4.69, 9.17) is 4.74 Å². The van der Waals surface area contributed by atoms with Gasteiger partial charge < -0.3 is 20.7 Å². The lowest BCUT2D eigenvalue weighted by atomic mass is 9.58. The highest BCUT2D eigenvalue weighted by Crippen LogP contribution is 2.53. The molecule has 1 aliphatic carbocycles. The average molecular weight is 499 g/mol. The Bertz CT molecular complexity index is 900. The summed E-state index contributed by atoms with van der Waals surface area (Å²) in [5.41, 5.74) is 0.301. The van der Waals surface area contributed by atoms with Crippen molar-refractivity contribution in [2.45, 2.75) is 77.5 Å². The van der Waals surface area contributed by atoms with Gasteiger partial charge in [-0.2, -0.15) is 0 Å². The number of ether oxygens (including phenoxy) is 1. The first kappa shape index (κ1) is 26.9. The highest BCUT2D eigenvalue weighted by Gasteiger charge is 2.64. The predicted octanol–water partition coefficient (Wildman–Crippen LogP) is 3.58. The topological polar surface area (TPSA) is 82.7 Å². The van der Waals surface area contributed by atoms with E-state index in [0.29, 0.717) is 36.9 Å². The summed E-state index contributed by atoms with van der Waals surface area (Å²) in [5.74, 6) is 2.25. The zero-order valence-electron chi connectivity index (χ0n) is 22.8. The molecule has 3 saturated heterocycles. The number of carbonyl (C=O) groups excluding carboxylic acids is 2. The molecule has 1 saturated carbocycles. The van der Waals surface area contributed by atoms with E-state index < -0.39 is 17.2 Å². The van der Waals surface area contributed by atoms with Gasteiger partial charge >= 0.3 is 6.09 Å². The van der Waals surface area contributed by atoms with Crippen LogP contribution < -0.4 is 16.0 Å². The van der Waals surface area contributed by atoms with Gasteiger partial charge in [0.2, 0.25) is 5.91 Å². The number of nitrogens with one attached hydrogen (secondary N) is 3. The largest absolute Gasteiger partial charge is 0.444 e. The van der Waals surface area contributed by atoms with Crippen molar-refractivity contribution in [2.75, 3.05) is 32.7 Å². The third-order valence-corrected chi connectivity index (χ3v) is 8.08. The van der Waals surface area contributed by atoms with Gasteiger partial charge in [0.05, 0.1) is 0 Å². The summed E-state index contributed by atoms with van der Waals surface area (Å²) in [6.45, 7) is 14.5. The number of benzene rings is 1. The molecule has 1 aromatic carbocycles. The number of nitrogens with zero attached hydrogens (tertiary/aromatic N) is 1. The van der Waals surface area contributed by atoms with Gasteiger partial charge in [0.25, 0.3) is 0 Å². The Morgan fingerprint density at radius 3 is 2.50 bits per heavy atom. The number of unbranched alkanes of at least 4 members (excludes halogenated alkanes) is 1. The fourth-order valence-corrected chi connectivity index (χ4v) is 6.81. The molecule has 3 N–H and O–H groups in total. The number of fused-ring (bicyclic) bond motifs is 1. The number of amides is 2. The Labute approximate surface area is 217 Å². The minimum Gasteiger partial charge on any atom is -0.444 e. The van der Waals surface area contributed by atoms with E-state index in [9.17, 15) is 9.59 Å². The summed E-state index contributed by atoms with van der Waals surface area (Å²) in [6, 6.07) is 11.1. The molecule has 0 aromatic heterocycles. The Morgan fingerprint density at radius 1 is 1.14 bits per heavy atom. The molecule has 5 atom stereocenters. The van der Waals surface area contributed by atoms with Crippen LogP contribution in [-0.4, -0.2) is 66.8 Å². The standard InChI is InChI=1S/C29H46N4O3/c1-20(2)18-33-19-22-16-29(26(34)30-13-9-10-14-31-27(35)36-28(3,4)5)24(25(33)23(22)17-32-29)15-21-11-7-6-8-12-21/h6-8,11-12,20,22-25,32H,9-10,13-19H2,1-5H3,(H,30,34)(H,31,35)/t22-,23-,24+,25-,29+/m1/s1. The molecule has 7 heteroatoms. The van der Waals surface area contributed by atoms with E-state index in [1.165, 1.54) is 5.56 Å². The fourth-order valence-electron chi connectivity index (χ4n) is 6.81. The zero-order valence-corrected chi connectivity index (χ0v) is 22.8. The van der Waals surface area contributed by atoms with Crippen molar-refractivity contribution in [1.82, 2.24) is 20.9 Å². The van der Waals surface area contributed by atoms with Crippen molar-refractivity contribution >= 4 is 12.0 Å². The molecule has 3 heterocycles. The van der Waals surface area contributed by atoms with Crippen molar-refractivity contribution < 1.29 is 14.3 Å². The molecule has 0 unspecified atom stereocenters. The fraction of sp³-hybridized carbons (Fsp3) is 0.724. The first-order chi connectivity index (χ1) is 17.1. The molecule has 0 spiro atoms. The number of likely N-dealkylation sites (tertiary alicyclic amines) is 1. The summed E-state index contributed by atoms with van der Waals surface area (Å²) in [6.07, 6.45) is 3.06. The van der Waals surface area contributed by atoms with Gasteiger partial charge in [-0.1, -0.05) is 44.2 Å². The number of alkyl carbamates (subject to hydrolysis) is 1. The second-order valence-electron chi connectivity index (χ2n) is 12.5. The average Bonchev–Trinajstić information content (AvgIpc) is 3.09. The summed E-state index contributed by atoms with van der Waals surface area (Å²) in [7, 11) is 0. The molecule has 1 aromatic rings. The third-order valence-electron chi connectivity index (χ3n) is 8.08. The van der Waals surface area contributed by atoms with E-state index in [1.807, 2.05) is 20.8 Å². The highest BCUT2D eigenvalue weighted by molar-refractivity contribution is 5.87. The summed E-state index contributed by atoms with van der Waals surface area (Å²) in [4.78, 5) is 28.4. The molecular weight excluding hydrogens is 452 g/mol. The lowest BCUT2D eigenvalue weighted by molar-refractivity contribution is -0.138. The first-order valence-corrected chi connectivity index (χ1v) is 13.9. The van der Waals surface area contributed by atoms with E-state index >= 15 is 0 Å². The van der Waals surface area contributed by atoms with Gasteiger partial charge in [0.15, 0.2) is 0 Å². The van der Waals surface area contributed by atoms with Crippen molar-refractivity contribution in [3.63, 3.8) is 0 Å². The Kier molecular flexibility index (Phi) is 8.30. The normalized spacial score (nSPS) is 29.4. The molecule has 3 aliphatic heterocycles. The van der Waals surface area contributed by atoms with Crippen LogP contribution in [0.1, 0.15) is 59.4 Å². The summed E-state index contributed by atoms with van der Waals surface area (Å²) >= 11 is 0. The number of hydrogen-bond donors (Lipinski definition) is 3. The molecule has 200 valence electrons. The van der Waals surface area contributed by atoms with Gasteiger partial charge in [-0.05, 0) is 69.8 Å². The third kappa shape index (κ3) is 6.05. The summed E-state index contributed by atoms with van der Waals surface area (Å²) < 4.78 is 5.28. The molecule has 4 fully saturated rings. The first-order valence-electron chi connectivity index (χ1n) is 13.9. The quantitative estimate of drug-likeness (QED) is 0.430. The second-order valence-corrected chi connectivity index (χ2v) is 12.5. The van der Waals surface area contributed by atoms with Gasteiger partial charge in [-0.15, -0.1) is 0 Å². The number of carbonyl (C=O) groups is 2. The van der Waals surface area contributed by atoms with Crippen LogP contribution in [-0.2, 0) is 16.0 Å². The molecule has 7 nitrogen and oxygen atoms in total. The number of rotatable bonds is 10. The van der Waals surface area contributed by atoms with E-state index in [-0.39, 0.29) is 11.8 Å². The van der Waals surface area contributed by atoms with Crippen molar-refractivity contribution in [2.24, 2.45) is 23.7 Å². The maximum absolute atomic E-state index is 13.8. The minimum absolute atomic E-state index is 0.156. The lowest BCUT2D eigenvalue weighted by Crippen LogP contribution is -2.74. The maximum atomic E-state index is 13.8. The Morgan fingerprint density at radius 2 is 1.83 bits per heavy atom. The van der Waals surface area contributed by atoms with Crippen molar-refractivity contribution in [3.8, 4) is 0 Å². The second kappa shape index (κ2) is 11.1. The monoisotopic (exact) mass is 498 g/mol. The van der Waals surface area contributed by atoms with Crippen molar-refractivity contribution in [3.05, 3.63) is 35.9 Å². The predicted molar refractivity (Wildman–Crippen MR) is 143 cm³/mol. The van der Waals surface area contributed by atoms with Crippen LogP contribution in [0, 0.1) is 23.7 Å². The smallest absolute Gasteiger partial charge is 0.407 e.